The summed E-state index contributed by atoms with van der Waals surface area (Å²) in [6, 6.07) is 0. The molecule has 17 heteroatoms. The maximum Gasteiger partial charge on any atom is 0.310 e. The highest BCUT2D eigenvalue weighted by molar-refractivity contribution is 5.98. The summed E-state index contributed by atoms with van der Waals surface area (Å²) < 4.78 is 5.31. The Balaban J connectivity index is 0. The Morgan fingerprint density at radius 2 is 0.795 bits per heavy atom. The minimum atomic E-state index is -2.39. The standard InChI is InChI=1S/C17H24O13.C5H12O4/c18-7-16(8-19,9-20)17(4-10(21)1-13(24)25,5-11(22)2-14(26)27)30-6-12(23)3-15(28)29;6-1-5(2-7,3-8)4-9/h18-20H,1-9H2,(H,24,25)(H,26,27)(H,28,29);6-9H,1-4H2. The fourth-order valence-corrected chi connectivity index (χ4v) is 3.11. The maximum absolute atomic E-state index is 12.2. The molecule has 0 unspecified atom stereocenters. The van der Waals surface area contributed by atoms with Crippen LogP contribution in [0.15, 0.2) is 0 Å². The molecule has 0 fully saturated rings. The van der Waals surface area contributed by atoms with E-state index in [0.717, 1.165) is 0 Å². The third kappa shape index (κ3) is 12.7. The molecule has 0 aliphatic carbocycles. The first-order valence-corrected chi connectivity index (χ1v) is 11.2. The number of carbonyl (C=O) groups is 6. The van der Waals surface area contributed by atoms with Crippen molar-refractivity contribution >= 4 is 35.3 Å². The van der Waals surface area contributed by atoms with Gasteiger partial charge >= 0.3 is 17.9 Å². The van der Waals surface area contributed by atoms with Gasteiger partial charge in [0, 0.05) is 12.8 Å². The Hall–Kier alpha value is -2.90. The van der Waals surface area contributed by atoms with E-state index < -0.39 is 137 Å². The molecule has 0 aliphatic heterocycles. The summed E-state index contributed by atoms with van der Waals surface area (Å²) in [6.45, 7) is -5.97. The third-order valence-corrected chi connectivity index (χ3v) is 5.74. The summed E-state index contributed by atoms with van der Waals surface area (Å²) in [5.41, 5.74) is -5.68. The molecule has 0 rings (SSSR count). The predicted molar refractivity (Wildman–Crippen MR) is 124 cm³/mol. The second-order valence-electron chi connectivity index (χ2n) is 8.85. The molecule has 39 heavy (non-hydrogen) atoms. The molecule has 0 aromatic carbocycles. The van der Waals surface area contributed by atoms with Crippen molar-refractivity contribution in [2.45, 2.75) is 37.7 Å². The van der Waals surface area contributed by atoms with Gasteiger partial charge in [0.1, 0.15) is 37.4 Å². The van der Waals surface area contributed by atoms with E-state index in [9.17, 15) is 44.1 Å². The van der Waals surface area contributed by atoms with Crippen LogP contribution in [0.25, 0.3) is 0 Å². The molecule has 10 N–H and O–H groups in total. The lowest BCUT2D eigenvalue weighted by Crippen LogP contribution is -2.59. The number of rotatable bonds is 21. The number of aliphatic hydroxyl groups excluding tert-OH is 7. The van der Waals surface area contributed by atoms with Crippen LogP contribution in [0, 0.1) is 10.8 Å². The highest BCUT2D eigenvalue weighted by atomic mass is 16.5. The first-order valence-electron chi connectivity index (χ1n) is 11.2. The second kappa shape index (κ2) is 18.4. The number of aliphatic hydroxyl groups is 7. The number of carbonyl (C=O) groups excluding carboxylic acids is 3. The second-order valence-corrected chi connectivity index (χ2v) is 8.85. The van der Waals surface area contributed by atoms with E-state index in [1.165, 1.54) is 0 Å². The highest BCUT2D eigenvalue weighted by Crippen LogP contribution is 2.41. The third-order valence-electron chi connectivity index (χ3n) is 5.74. The van der Waals surface area contributed by atoms with Crippen molar-refractivity contribution in [3.05, 3.63) is 0 Å². The van der Waals surface area contributed by atoms with E-state index in [0.29, 0.717) is 0 Å². The van der Waals surface area contributed by atoms with Crippen LogP contribution in [0.2, 0.25) is 0 Å². The van der Waals surface area contributed by atoms with Crippen LogP contribution in [0.5, 0.6) is 0 Å². The Kier molecular flexibility index (Phi) is 18.0. The van der Waals surface area contributed by atoms with Gasteiger partial charge in [0.15, 0.2) is 5.78 Å². The van der Waals surface area contributed by atoms with E-state index in [-0.39, 0.29) is 0 Å². The van der Waals surface area contributed by atoms with E-state index in [1.807, 2.05) is 0 Å². The first kappa shape index (κ1) is 38.2. The average Bonchev–Trinajstić information content (AvgIpc) is 2.85. The molecule has 0 heterocycles. The molecule has 0 aromatic rings. The SMILES string of the molecule is O=C(O)CC(=O)COC(CC(=O)CC(=O)O)(CC(=O)CC(=O)O)C(CO)(CO)CO.OCC(CO)(CO)CO. The smallest absolute Gasteiger partial charge is 0.310 e. The molecule has 0 bridgehead atoms. The Morgan fingerprint density at radius 1 is 0.487 bits per heavy atom. The van der Waals surface area contributed by atoms with Crippen molar-refractivity contribution < 1.29 is 84.6 Å². The zero-order valence-corrected chi connectivity index (χ0v) is 21.0. The summed E-state index contributed by atoms with van der Waals surface area (Å²) >= 11 is 0. The van der Waals surface area contributed by atoms with Gasteiger partial charge in [-0.1, -0.05) is 0 Å². The average molecular weight is 573 g/mol. The van der Waals surface area contributed by atoms with E-state index in [2.05, 4.69) is 0 Å². The molecular weight excluding hydrogens is 536 g/mol. The minimum Gasteiger partial charge on any atom is -0.481 e. The largest absolute Gasteiger partial charge is 0.481 e. The van der Waals surface area contributed by atoms with Gasteiger partial charge in [-0.15, -0.1) is 0 Å². The van der Waals surface area contributed by atoms with Crippen LogP contribution in [-0.2, 0) is 33.5 Å². The molecule has 0 amide bonds. The molecule has 226 valence electrons. The number of carboxylic acid groups (broad SMARTS) is 3. The fraction of sp³-hybridized carbons (Fsp3) is 0.727. The molecule has 0 saturated carbocycles. The van der Waals surface area contributed by atoms with Gasteiger partial charge in [0.25, 0.3) is 0 Å². The van der Waals surface area contributed by atoms with Crippen molar-refractivity contribution in [2.75, 3.05) is 52.9 Å². The topological polar surface area (TPSA) is 314 Å². The van der Waals surface area contributed by atoms with Crippen molar-refractivity contribution in [2.24, 2.45) is 10.8 Å². The normalized spacial score (nSPS) is 11.8. The van der Waals surface area contributed by atoms with Crippen LogP contribution < -0.4 is 0 Å². The lowest BCUT2D eigenvalue weighted by molar-refractivity contribution is -0.196. The Labute approximate surface area is 221 Å². The molecule has 0 spiro atoms. The van der Waals surface area contributed by atoms with Gasteiger partial charge in [-0.05, 0) is 0 Å². The lowest BCUT2D eigenvalue weighted by atomic mass is 9.67. The summed E-state index contributed by atoms with van der Waals surface area (Å²) in [4.78, 5) is 68.5. The summed E-state index contributed by atoms with van der Waals surface area (Å²) in [5, 5.41) is 89.6. The van der Waals surface area contributed by atoms with Gasteiger partial charge < -0.3 is 55.8 Å². The zero-order chi connectivity index (χ0) is 30.9. The Bertz CT molecular complexity index is 773. The number of carboxylic acids is 3. The number of ketones is 3. The quantitative estimate of drug-likeness (QED) is 0.0580. The van der Waals surface area contributed by atoms with E-state index in [4.69, 9.17) is 40.5 Å². The number of hydrogen-bond donors (Lipinski definition) is 10. The molecule has 0 atom stereocenters. The van der Waals surface area contributed by atoms with Gasteiger partial charge in [-0.3, -0.25) is 28.8 Å². The predicted octanol–water partition coefficient (Wildman–Crippen LogP) is -4.44. The number of aliphatic carboxylic acids is 3. The molecular formula is C22H36O17. The van der Waals surface area contributed by atoms with Crippen molar-refractivity contribution in [1.29, 1.82) is 0 Å². The highest BCUT2D eigenvalue weighted by Gasteiger charge is 2.54. The van der Waals surface area contributed by atoms with Gasteiger partial charge in [0.05, 0.1) is 62.7 Å². The van der Waals surface area contributed by atoms with Gasteiger partial charge in [-0.25, -0.2) is 0 Å². The van der Waals surface area contributed by atoms with E-state index >= 15 is 0 Å². The van der Waals surface area contributed by atoms with Crippen molar-refractivity contribution in [1.82, 2.24) is 0 Å². The molecule has 0 aromatic heterocycles. The maximum atomic E-state index is 12.2. The lowest BCUT2D eigenvalue weighted by Gasteiger charge is -2.47. The monoisotopic (exact) mass is 572 g/mol. The van der Waals surface area contributed by atoms with E-state index in [1.54, 1.807) is 0 Å². The molecule has 0 radical (unpaired) electrons. The number of Topliss-reactive ketones (excluding diaryl/α,β-unsaturated/α-hetero) is 3. The summed E-state index contributed by atoms with van der Waals surface area (Å²) in [6.07, 6.45) is -5.13. The van der Waals surface area contributed by atoms with Gasteiger partial charge in [0.2, 0.25) is 0 Å². The number of ether oxygens (including phenoxy) is 1. The molecule has 17 nitrogen and oxygen atoms in total. The van der Waals surface area contributed by atoms with Gasteiger partial charge in [-0.2, -0.15) is 0 Å². The Morgan fingerprint density at radius 3 is 1.03 bits per heavy atom. The van der Waals surface area contributed by atoms with Crippen LogP contribution in [0.3, 0.4) is 0 Å². The van der Waals surface area contributed by atoms with Crippen LogP contribution in [0.1, 0.15) is 32.1 Å². The van der Waals surface area contributed by atoms with Crippen LogP contribution in [0.4, 0.5) is 0 Å². The summed E-state index contributed by atoms with van der Waals surface area (Å²) in [7, 11) is 0. The molecule has 0 saturated heterocycles. The summed E-state index contributed by atoms with van der Waals surface area (Å²) in [5.74, 6) is -7.82. The zero-order valence-electron chi connectivity index (χ0n) is 21.0. The van der Waals surface area contributed by atoms with Crippen LogP contribution >= 0.6 is 0 Å². The minimum absolute atomic E-state index is 0.406. The van der Waals surface area contributed by atoms with Crippen LogP contribution in [-0.4, -0.2) is 145 Å². The van der Waals surface area contributed by atoms with Crippen molar-refractivity contribution in [3.8, 4) is 0 Å². The molecule has 0 aliphatic rings. The van der Waals surface area contributed by atoms with Crippen molar-refractivity contribution in [3.63, 3.8) is 0 Å². The fourth-order valence-electron chi connectivity index (χ4n) is 3.11. The first-order chi connectivity index (χ1) is 18.1. The number of hydrogen-bond acceptors (Lipinski definition) is 14.